The third kappa shape index (κ3) is 2.04. The minimum Gasteiger partial charge on any atom is -0.117 e. The van der Waals surface area contributed by atoms with Crippen molar-refractivity contribution in [3.05, 3.63) is 65.4 Å². The van der Waals surface area contributed by atoms with E-state index in [1.807, 2.05) is 12.2 Å². The van der Waals surface area contributed by atoms with Gasteiger partial charge < -0.3 is 0 Å². The van der Waals surface area contributed by atoms with Crippen molar-refractivity contribution in [1.82, 2.24) is 0 Å². The molecule has 0 saturated carbocycles. The van der Waals surface area contributed by atoms with Crippen LogP contribution in [-0.2, 0) is 0 Å². The molecule has 1 atom stereocenters. The summed E-state index contributed by atoms with van der Waals surface area (Å²) in [4.78, 5) is 0. The topological polar surface area (TPSA) is 0 Å². The van der Waals surface area contributed by atoms with Crippen LogP contribution in [0.1, 0.15) is 24.8 Å². The summed E-state index contributed by atoms with van der Waals surface area (Å²) in [5, 5.41) is 0. The van der Waals surface area contributed by atoms with Gasteiger partial charge >= 0.3 is 0 Å². The maximum atomic E-state index is 3.24. The van der Waals surface area contributed by atoms with Crippen LogP contribution >= 0.6 is 0 Å². The molecule has 0 unspecified atom stereocenters. The molecular weight excluding hydrogens is 168 g/mol. The van der Waals surface area contributed by atoms with Crippen LogP contribution in [0, 0.1) is 0 Å². The van der Waals surface area contributed by atoms with Crippen LogP contribution in [0.15, 0.2) is 59.9 Å². The van der Waals surface area contributed by atoms with Gasteiger partial charge in [-0.25, -0.2) is 0 Å². The first-order valence-electron chi connectivity index (χ1n) is 5.03. The molecule has 0 bridgehead atoms. The summed E-state index contributed by atoms with van der Waals surface area (Å²) in [5.41, 5.74) is 5.95. The van der Waals surface area contributed by atoms with Gasteiger partial charge in [0.05, 0.1) is 0 Å². The van der Waals surface area contributed by atoms with Gasteiger partial charge in [0.2, 0.25) is 0 Å². The van der Waals surface area contributed by atoms with Gasteiger partial charge in [0.25, 0.3) is 0 Å². The van der Waals surface area contributed by atoms with Crippen molar-refractivity contribution in [3.8, 4) is 0 Å². The second kappa shape index (κ2) is 4.13. The molecule has 0 aliphatic heterocycles. The van der Waals surface area contributed by atoms with Crippen LogP contribution in [0.4, 0.5) is 0 Å². The second-order valence-electron chi connectivity index (χ2n) is 3.71. The predicted octanol–water partition coefficient (Wildman–Crippen LogP) is 3.83. The fourth-order valence-electron chi connectivity index (χ4n) is 1.72. The molecule has 1 aliphatic carbocycles. The van der Waals surface area contributed by atoms with E-state index >= 15 is 0 Å². The van der Waals surface area contributed by atoms with Gasteiger partial charge in [-0.15, -0.1) is 5.73 Å². The minimum atomic E-state index is 0.579. The summed E-state index contributed by atoms with van der Waals surface area (Å²) in [6.45, 7) is 2.26. The lowest BCUT2D eigenvalue weighted by atomic mass is 9.94. The van der Waals surface area contributed by atoms with Gasteiger partial charge in [0.1, 0.15) is 0 Å². The highest BCUT2D eigenvalue weighted by atomic mass is 14.1. The second-order valence-corrected chi connectivity index (χ2v) is 3.71. The molecule has 1 aliphatic rings. The zero-order chi connectivity index (χ0) is 9.80. The van der Waals surface area contributed by atoms with Gasteiger partial charge in [-0.05, 0) is 29.6 Å². The molecule has 0 radical (unpaired) electrons. The van der Waals surface area contributed by atoms with Gasteiger partial charge in [-0.2, -0.15) is 0 Å². The van der Waals surface area contributed by atoms with Crippen LogP contribution in [0.2, 0.25) is 0 Å². The fraction of sp³-hybridized carbons (Fsp3) is 0.214. The largest absolute Gasteiger partial charge is 0.117 e. The lowest BCUT2D eigenvalue weighted by molar-refractivity contribution is 0.764. The van der Waals surface area contributed by atoms with Crippen LogP contribution < -0.4 is 0 Å². The first kappa shape index (κ1) is 9.05. The van der Waals surface area contributed by atoms with Crippen molar-refractivity contribution in [3.63, 3.8) is 0 Å². The highest BCUT2D eigenvalue weighted by Crippen LogP contribution is 2.23. The molecule has 0 aromatic heterocycles. The summed E-state index contributed by atoms with van der Waals surface area (Å²) in [7, 11) is 0. The molecule has 0 amide bonds. The Balaban J connectivity index is 2.06. The Labute approximate surface area is 85.3 Å². The average Bonchev–Trinajstić information content (AvgIpc) is 2.72. The van der Waals surface area contributed by atoms with Gasteiger partial charge in [-0.3, -0.25) is 0 Å². The Morgan fingerprint density at radius 2 is 2.00 bits per heavy atom. The summed E-state index contributed by atoms with van der Waals surface area (Å²) in [5.74, 6) is 0.579. The summed E-state index contributed by atoms with van der Waals surface area (Å²) in [6, 6.07) is 10.6. The van der Waals surface area contributed by atoms with Crippen molar-refractivity contribution in [2.75, 3.05) is 0 Å². The predicted molar refractivity (Wildman–Crippen MR) is 60.2 cm³/mol. The molecule has 0 saturated heterocycles. The molecule has 0 N–H and O–H groups in total. The molecule has 70 valence electrons. The van der Waals surface area contributed by atoms with Crippen molar-refractivity contribution in [2.45, 2.75) is 19.3 Å². The number of benzene rings is 1. The summed E-state index contributed by atoms with van der Waals surface area (Å²) >= 11 is 0. The standard InChI is InChI=1S/C14H14/c1-12(11-13-7-5-6-8-13)14-9-3-2-4-10-14/h2-7,9-10,12H,11H2,1H3/t12-/m1/s1. The van der Waals surface area contributed by atoms with Crippen molar-refractivity contribution in [2.24, 2.45) is 0 Å². The van der Waals surface area contributed by atoms with E-state index in [9.17, 15) is 0 Å². The smallest absolute Gasteiger partial charge is 0.00542 e. The molecule has 0 nitrogen and oxygen atoms in total. The SMILES string of the molecule is C[C@H](CC1=C=CC=C1)c1ccccc1. The molecule has 0 fully saturated rings. The van der Waals surface area contributed by atoms with E-state index < -0.39 is 0 Å². The van der Waals surface area contributed by atoms with Crippen molar-refractivity contribution < 1.29 is 0 Å². The molecule has 1 aromatic carbocycles. The third-order valence-corrected chi connectivity index (χ3v) is 2.56. The van der Waals surface area contributed by atoms with E-state index in [4.69, 9.17) is 0 Å². The van der Waals surface area contributed by atoms with E-state index in [2.05, 4.69) is 49.1 Å². The van der Waals surface area contributed by atoms with E-state index in [-0.39, 0.29) is 0 Å². The van der Waals surface area contributed by atoms with Crippen LogP contribution in [-0.4, -0.2) is 0 Å². The molecular formula is C14H14. The zero-order valence-corrected chi connectivity index (χ0v) is 8.40. The van der Waals surface area contributed by atoms with Crippen molar-refractivity contribution in [1.29, 1.82) is 0 Å². The Bertz CT molecular complexity index is 389. The van der Waals surface area contributed by atoms with Gasteiger partial charge in [-0.1, -0.05) is 49.4 Å². The Morgan fingerprint density at radius 1 is 1.21 bits per heavy atom. The average molecular weight is 182 g/mol. The van der Waals surface area contributed by atoms with Gasteiger partial charge in [0, 0.05) is 0 Å². The number of hydrogen-bond donors (Lipinski definition) is 0. The van der Waals surface area contributed by atoms with E-state index in [0.717, 1.165) is 6.42 Å². The van der Waals surface area contributed by atoms with E-state index in [0.29, 0.717) is 5.92 Å². The number of rotatable bonds is 3. The quantitative estimate of drug-likeness (QED) is 0.623. The van der Waals surface area contributed by atoms with Crippen LogP contribution in [0.5, 0.6) is 0 Å². The third-order valence-electron chi connectivity index (χ3n) is 2.56. The molecule has 0 heterocycles. The maximum Gasteiger partial charge on any atom is -0.00542 e. The lowest BCUT2D eigenvalue weighted by Gasteiger charge is -2.10. The number of hydrogen-bond acceptors (Lipinski definition) is 0. The first-order valence-corrected chi connectivity index (χ1v) is 5.03. The Kier molecular flexibility index (Phi) is 2.67. The lowest BCUT2D eigenvalue weighted by Crippen LogP contribution is -1.93. The van der Waals surface area contributed by atoms with E-state index in [1.165, 1.54) is 11.1 Å². The van der Waals surface area contributed by atoms with E-state index in [1.54, 1.807) is 0 Å². The Morgan fingerprint density at radius 3 is 2.64 bits per heavy atom. The normalized spacial score (nSPS) is 15.6. The summed E-state index contributed by atoms with van der Waals surface area (Å²) < 4.78 is 0. The minimum absolute atomic E-state index is 0.579. The van der Waals surface area contributed by atoms with Crippen molar-refractivity contribution >= 4 is 0 Å². The highest BCUT2D eigenvalue weighted by molar-refractivity contribution is 5.31. The first-order chi connectivity index (χ1) is 6.86. The summed E-state index contributed by atoms with van der Waals surface area (Å²) in [6.07, 6.45) is 7.25. The zero-order valence-electron chi connectivity index (χ0n) is 8.40. The molecule has 14 heavy (non-hydrogen) atoms. The molecule has 0 heteroatoms. The fourth-order valence-corrected chi connectivity index (χ4v) is 1.72. The van der Waals surface area contributed by atoms with Crippen LogP contribution in [0.3, 0.4) is 0 Å². The number of allylic oxidation sites excluding steroid dienone is 3. The maximum absolute atomic E-state index is 3.24. The highest BCUT2D eigenvalue weighted by Gasteiger charge is 2.06. The molecule has 2 rings (SSSR count). The molecule has 1 aromatic rings. The van der Waals surface area contributed by atoms with Crippen LogP contribution in [0.25, 0.3) is 0 Å². The Hall–Kier alpha value is -1.52. The van der Waals surface area contributed by atoms with Gasteiger partial charge in [0.15, 0.2) is 0 Å². The monoisotopic (exact) mass is 182 g/mol. The molecule has 0 spiro atoms.